The molecule has 2 aromatic carbocycles. The van der Waals surface area contributed by atoms with Gasteiger partial charge in [-0.25, -0.2) is 0 Å². The summed E-state index contributed by atoms with van der Waals surface area (Å²) in [6.45, 7) is 1.21. The van der Waals surface area contributed by atoms with Crippen molar-refractivity contribution < 1.29 is 9.32 Å². The highest BCUT2D eigenvalue weighted by atomic mass is 35.5. The first-order valence-electron chi connectivity index (χ1n) is 9.03. The Labute approximate surface area is 167 Å². The first-order chi connectivity index (χ1) is 13.6. The molecule has 4 rings (SSSR count). The molecule has 0 N–H and O–H groups in total. The van der Waals surface area contributed by atoms with Crippen molar-refractivity contribution in [3.63, 3.8) is 0 Å². The van der Waals surface area contributed by atoms with E-state index < -0.39 is 0 Å². The summed E-state index contributed by atoms with van der Waals surface area (Å²) in [6.07, 6.45) is 1.75. The summed E-state index contributed by atoms with van der Waals surface area (Å²) in [5.41, 5.74) is 1.90. The largest absolute Gasteiger partial charge is 0.339 e. The average molecular weight is 393 g/mol. The number of hydrogen-bond acceptors (Lipinski definition) is 5. The molecule has 0 bridgehead atoms. The summed E-state index contributed by atoms with van der Waals surface area (Å²) in [5.74, 6) is 0.973. The molecular formula is C21H17ClN4O2. The van der Waals surface area contributed by atoms with Crippen molar-refractivity contribution in [1.82, 2.24) is 15.0 Å². The van der Waals surface area contributed by atoms with Crippen LogP contribution in [-0.2, 0) is 0 Å². The highest BCUT2D eigenvalue weighted by Crippen LogP contribution is 2.29. The average Bonchev–Trinajstić information content (AvgIpc) is 3.24. The maximum atomic E-state index is 12.8. The summed E-state index contributed by atoms with van der Waals surface area (Å²) in [6, 6.07) is 16.0. The molecule has 1 unspecified atom stereocenters. The van der Waals surface area contributed by atoms with Crippen LogP contribution in [0.1, 0.15) is 40.6 Å². The molecular weight excluding hydrogens is 376 g/mol. The van der Waals surface area contributed by atoms with Crippen LogP contribution in [0.15, 0.2) is 53.1 Å². The third-order valence-electron chi connectivity index (χ3n) is 4.84. The minimum absolute atomic E-state index is 0.00323. The van der Waals surface area contributed by atoms with Crippen LogP contribution in [0.5, 0.6) is 0 Å². The van der Waals surface area contributed by atoms with Crippen molar-refractivity contribution in [2.45, 2.75) is 18.8 Å². The lowest BCUT2D eigenvalue weighted by molar-refractivity contribution is 0.0695. The van der Waals surface area contributed by atoms with E-state index in [4.69, 9.17) is 21.4 Å². The number of rotatable bonds is 3. The second-order valence-electron chi connectivity index (χ2n) is 6.75. The zero-order valence-corrected chi connectivity index (χ0v) is 15.8. The second-order valence-corrected chi connectivity index (χ2v) is 7.18. The number of hydrogen-bond donors (Lipinski definition) is 0. The lowest BCUT2D eigenvalue weighted by Gasteiger charge is -2.31. The number of amides is 1. The molecule has 0 saturated carbocycles. The monoisotopic (exact) mass is 392 g/mol. The van der Waals surface area contributed by atoms with E-state index in [0.29, 0.717) is 41.0 Å². The summed E-state index contributed by atoms with van der Waals surface area (Å²) in [4.78, 5) is 19.1. The van der Waals surface area contributed by atoms with Crippen molar-refractivity contribution in [2.75, 3.05) is 13.1 Å². The number of carbonyl (C=O) groups is 1. The van der Waals surface area contributed by atoms with Crippen LogP contribution in [0, 0.1) is 11.3 Å². The van der Waals surface area contributed by atoms with Gasteiger partial charge in [0, 0.05) is 29.2 Å². The Bertz CT molecular complexity index is 1040. The third kappa shape index (κ3) is 3.75. The Kier molecular flexibility index (Phi) is 5.09. The van der Waals surface area contributed by atoms with Gasteiger partial charge in [0.2, 0.25) is 11.7 Å². The summed E-state index contributed by atoms with van der Waals surface area (Å²) < 4.78 is 5.48. The molecule has 0 radical (unpaired) electrons. The molecule has 1 aromatic heterocycles. The fraction of sp³-hybridized carbons (Fsp3) is 0.238. The smallest absolute Gasteiger partial charge is 0.253 e. The lowest BCUT2D eigenvalue weighted by Crippen LogP contribution is -2.39. The van der Waals surface area contributed by atoms with E-state index in [1.54, 1.807) is 41.3 Å². The molecule has 1 aliphatic rings. The Balaban J connectivity index is 1.49. The second kappa shape index (κ2) is 7.83. The van der Waals surface area contributed by atoms with Gasteiger partial charge in [-0.3, -0.25) is 4.79 Å². The van der Waals surface area contributed by atoms with Gasteiger partial charge in [0.15, 0.2) is 0 Å². The highest BCUT2D eigenvalue weighted by Gasteiger charge is 2.29. The first kappa shape index (κ1) is 18.2. The molecule has 140 valence electrons. The predicted octanol–water partition coefficient (Wildman–Crippen LogP) is 4.28. The number of aromatic nitrogens is 2. The number of carbonyl (C=O) groups excluding carboxylic acids is 1. The minimum Gasteiger partial charge on any atom is -0.339 e. The fourth-order valence-corrected chi connectivity index (χ4v) is 3.57. The van der Waals surface area contributed by atoms with E-state index in [-0.39, 0.29) is 11.8 Å². The first-order valence-corrected chi connectivity index (χ1v) is 9.41. The topological polar surface area (TPSA) is 83.0 Å². The zero-order valence-electron chi connectivity index (χ0n) is 15.0. The highest BCUT2D eigenvalue weighted by molar-refractivity contribution is 6.30. The van der Waals surface area contributed by atoms with Gasteiger partial charge in [0.1, 0.15) is 0 Å². The van der Waals surface area contributed by atoms with Crippen LogP contribution in [0.25, 0.3) is 11.4 Å². The van der Waals surface area contributed by atoms with E-state index in [9.17, 15) is 4.79 Å². The van der Waals surface area contributed by atoms with Crippen LogP contribution >= 0.6 is 11.6 Å². The number of piperidine rings is 1. The maximum absolute atomic E-state index is 12.8. The van der Waals surface area contributed by atoms with Gasteiger partial charge < -0.3 is 9.42 Å². The standard InChI is InChI=1S/C21H17ClN4O2/c22-18-5-1-3-16(11-18)19-24-20(28-25-19)17-4-2-10-26(13-17)21(27)15-8-6-14(12-23)7-9-15/h1,3,5-9,11,17H,2,4,10,13H2. The van der Waals surface area contributed by atoms with Gasteiger partial charge in [-0.2, -0.15) is 10.2 Å². The molecule has 0 spiro atoms. The van der Waals surface area contributed by atoms with Crippen LogP contribution in [-0.4, -0.2) is 34.0 Å². The molecule has 28 heavy (non-hydrogen) atoms. The third-order valence-corrected chi connectivity index (χ3v) is 5.08. The normalized spacial score (nSPS) is 16.6. The Morgan fingerprint density at radius 3 is 2.82 bits per heavy atom. The molecule has 0 aliphatic carbocycles. The summed E-state index contributed by atoms with van der Waals surface area (Å²) >= 11 is 6.03. The van der Waals surface area contributed by atoms with Gasteiger partial charge in [0.25, 0.3) is 5.91 Å². The molecule has 1 amide bonds. The van der Waals surface area contributed by atoms with Crippen molar-refractivity contribution in [3.05, 3.63) is 70.6 Å². The van der Waals surface area contributed by atoms with Gasteiger partial charge in [-0.1, -0.05) is 28.9 Å². The van der Waals surface area contributed by atoms with E-state index in [1.165, 1.54) is 0 Å². The van der Waals surface area contributed by atoms with E-state index in [0.717, 1.165) is 18.4 Å². The summed E-state index contributed by atoms with van der Waals surface area (Å²) in [5, 5.41) is 13.6. The zero-order chi connectivity index (χ0) is 19.5. The molecule has 6 nitrogen and oxygen atoms in total. The Morgan fingerprint density at radius 2 is 2.07 bits per heavy atom. The van der Waals surface area contributed by atoms with Gasteiger partial charge in [0.05, 0.1) is 17.6 Å². The van der Waals surface area contributed by atoms with E-state index in [1.807, 2.05) is 12.1 Å². The number of halogens is 1. The predicted molar refractivity (Wildman–Crippen MR) is 104 cm³/mol. The molecule has 1 aliphatic heterocycles. The SMILES string of the molecule is N#Cc1ccc(C(=O)N2CCCC(c3nc(-c4cccc(Cl)c4)no3)C2)cc1. The lowest BCUT2D eigenvalue weighted by atomic mass is 9.97. The fourth-order valence-electron chi connectivity index (χ4n) is 3.38. The van der Waals surface area contributed by atoms with Crippen molar-refractivity contribution in [3.8, 4) is 17.5 Å². The van der Waals surface area contributed by atoms with E-state index in [2.05, 4.69) is 16.2 Å². The molecule has 2 heterocycles. The molecule has 3 aromatic rings. The number of nitriles is 1. The number of benzene rings is 2. The Hall–Kier alpha value is -3.17. The molecule has 1 atom stereocenters. The van der Waals surface area contributed by atoms with Crippen LogP contribution in [0.3, 0.4) is 0 Å². The molecule has 1 saturated heterocycles. The van der Waals surface area contributed by atoms with Crippen molar-refractivity contribution >= 4 is 17.5 Å². The Morgan fingerprint density at radius 1 is 1.25 bits per heavy atom. The number of nitrogens with zero attached hydrogens (tertiary/aromatic N) is 4. The summed E-state index contributed by atoms with van der Waals surface area (Å²) in [7, 11) is 0. The van der Waals surface area contributed by atoms with Crippen LogP contribution in [0.2, 0.25) is 5.02 Å². The van der Waals surface area contributed by atoms with Crippen LogP contribution < -0.4 is 0 Å². The molecule has 7 heteroatoms. The van der Waals surface area contributed by atoms with Gasteiger partial charge >= 0.3 is 0 Å². The maximum Gasteiger partial charge on any atom is 0.253 e. The van der Waals surface area contributed by atoms with Gasteiger partial charge in [-0.05, 0) is 49.2 Å². The van der Waals surface area contributed by atoms with Gasteiger partial charge in [-0.15, -0.1) is 0 Å². The minimum atomic E-state index is -0.0521. The van der Waals surface area contributed by atoms with Crippen LogP contribution in [0.4, 0.5) is 0 Å². The quantitative estimate of drug-likeness (QED) is 0.664. The van der Waals surface area contributed by atoms with E-state index >= 15 is 0 Å². The molecule has 1 fully saturated rings. The number of likely N-dealkylation sites (tertiary alicyclic amines) is 1. The van der Waals surface area contributed by atoms with Crippen molar-refractivity contribution in [1.29, 1.82) is 5.26 Å². The van der Waals surface area contributed by atoms with Crippen molar-refractivity contribution in [2.24, 2.45) is 0 Å².